The molecule has 0 spiro atoms. The molecule has 0 aliphatic carbocycles. The number of hydrogen-bond acceptors (Lipinski definition) is 4. The predicted octanol–water partition coefficient (Wildman–Crippen LogP) is 1.60. The van der Waals surface area contributed by atoms with Gasteiger partial charge in [0.15, 0.2) is 17.9 Å². The lowest BCUT2D eigenvalue weighted by atomic mass is 10.2. The van der Waals surface area contributed by atoms with Crippen molar-refractivity contribution in [2.75, 3.05) is 0 Å². The van der Waals surface area contributed by atoms with E-state index in [1.807, 2.05) is 13.8 Å². The lowest BCUT2D eigenvalue weighted by Gasteiger charge is -2.01. The van der Waals surface area contributed by atoms with Gasteiger partial charge in [-0.25, -0.2) is 14.6 Å². The number of aromatic nitrogens is 4. The Hall–Kier alpha value is -2.04. The third kappa shape index (κ3) is 1.84. The van der Waals surface area contributed by atoms with Crippen LogP contribution in [-0.2, 0) is 0 Å². The molecule has 5 heteroatoms. The molecule has 0 aliphatic heterocycles. The van der Waals surface area contributed by atoms with Crippen LogP contribution in [0.2, 0.25) is 0 Å². The summed E-state index contributed by atoms with van der Waals surface area (Å²) in [7, 11) is 0. The summed E-state index contributed by atoms with van der Waals surface area (Å²) in [5.74, 6) is 1.50. The summed E-state index contributed by atoms with van der Waals surface area (Å²) in [5.41, 5.74) is 0.503. The van der Waals surface area contributed by atoms with Gasteiger partial charge < -0.3 is 0 Å². The van der Waals surface area contributed by atoms with Crippen molar-refractivity contribution in [1.82, 2.24) is 19.7 Å². The topological polar surface area (TPSA) is 60.7 Å². The van der Waals surface area contributed by atoms with E-state index >= 15 is 0 Å². The van der Waals surface area contributed by atoms with Crippen LogP contribution < -0.4 is 0 Å². The van der Waals surface area contributed by atoms with Gasteiger partial charge in [-0.1, -0.05) is 13.8 Å². The zero-order chi connectivity index (χ0) is 11.5. The average Bonchev–Trinajstić information content (AvgIpc) is 2.78. The van der Waals surface area contributed by atoms with E-state index in [2.05, 4.69) is 15.1 Å². The quantitative estimate of drug-likeness (QED) is 0.731. The van der Waals surface area contributed by atoms with E-state index < -0.39 is 0 Å². The fourth-order valence-electron chi connectivity index (χ4n) is 1.34. The smallest absolute Gasteiger partial charge is 0.165 e. The van der Waals surface area contributed by atoms with E-state index in [-0.39, 0.29) is 5.92 Å². The van der Waals surface area contributed by atoms with Gasteiger partial charge in [0.05, 0.1) is 5.56 Å². The fourth-order valence-corrected chi connectivity index (χ4v) is 1.34. The zero-order valence-corrected chi connectivity index (χ0v) is 9.16. The molecule has 0 aromatic carbocycles. The molecule has 5 nitrogen and oxygen atoms in total. The van der Waals surface area contributed by atoms with Gasteiger partial charge >= 0.3 is 0 Å². The summed E-state index contributed by atoms with van der Waals surface area (Å²) < 4.78 is 1.53. The number of rotatable bonds is 3. The van der Waals surface area contributed by atoms with Crippen molar-refractivity contribution in [3.63, 3.8) is 0 Å². The SMILES string of the molecule is CC(C)c1ncn(-c2ncccc2C=O)n1. The molecule has 0 aliphatic rings. The van der Waals surface area contributed by atoms with Crippen LogP contribution in [0.15, 0.2) is 24.7 Å². The van der Waals surface area contributed by atoms with Crippen LogP contribution in [0.5, 0.6) is 0 Å². The van der Waals surface area contributed by atoms with Crippen molar-refractivity contribution < 1.29 is 4.79 Å². The van der Waals surface area contributed by atoms with Gasteiger partial charge in [-0.2, -0.15) is 0 Å². The summed E-state index contributed by atoms with van der Waals surface area (Å²) in [6.45, 7) is 4.03. The summed E-state index contributed by atoms with van der Waals surface area (Å²) in [5, 5.41) is 4.27. The number of carbonyl (C=O) groups is 1. The normalized spacial score (nSPS) is 10.7. The maximum atomic E-state index is 10.8. The lowest BCUT2D eigenvalue weighted by molar-refractivity contribution is 0.112. The Bertz CT molecular complexity index is 504. The van der Waals surface area contributed by atoms with Gasteiger partial charge in [-0.15, -0.1) is 5.10 Å². The van der Waals surface area contributed by atoms with Gasteiger partial charge in [0.2, 0.25) is 0 Å². The lowest BCUT2D eigenvalue weighted by Crippen LogP contribution is -2.03. The molecule has 2 aromatic heterocycles. The second kappa shape index (κ2) is 4.22. The first-order chi connectivity index (χ1) is 7.72. The van der Waals surface area contributed by atoms with Gasteiger partial charge in [0, 0.05) is 12.1 Å². The van der Waals surface area contributed by atoms with Crippen molar-refractivity contribution >= 4 is 6.29 Å². The maximum absolute atomic E-state index is 10.8. The van der Waals surface area contributed by atoms with E-state index in [0.29, 0.717) is 11.4 Å². The van der Waals surface area contributed by atoms with Crippen molar-refractivity contribution in [2.45, 2.75) is 19.8 Å². The van der Waals surface area contributed by atoms with Gasteiger partial charge in [-0.3, -0.25) is 4.79 Å². The van der Waals surface area contributed by atoms with Crippen molar-refractivity contribution in [1.29, 1.82) is 0 Å². The molecule has 82 valence electrons. The third-order valence-electron chi connectivity index (χ3n) is 2.19. The predicted molar refractivity (Wildman–Crippen MR) is 58.6 cm³/mol. The molecular formula is C11H12N4O. The molecule has 2 rings (SSSR count). The van der Waals surface area contributed by atoms with Crippen LogP contribution in [0.25, 0.3) is 5.82 Å². The summed E-state index contributed by atoms with van der Waals surface area (Å²) >= 11 is 0. The maximum Gasteiger partial charge on any atom is 0.165 e. The first-order valence-electron chi connectivity index (χ1n) is 5.04. The molecule has 0 atom stereocenters. The van der Waals surface area contributed by atoms with E-state index in [1.165, 1.54) is 4.68 Å². The monoisotopic (exact) mass is 216 g/mol. The number of pyridine rings is 1. The highest BCUT2D eigenvalue weighted by molar-refractivity contribution is 5.79. The minimum Gasteiger partial charge on any atom is -0.298 e. The molecule has 0 saturated heterocycles. The molecule has 0 unspecified atom stereocenters. The van der Waals surface area contributed by atoms with E-state index in [1.54, 1.807) is 24.7 Å². The molecule has 0 bridgehead atoms. The van der Waals surface area contributed by atoms with Crippen LogP contribution in [0, 0.1) is 0 Å². The largest absolute Gasteiger partial charge is 0.298 e. The molecule has 0 saturated carbocycles. The number of aldehydes is 1. The third-order valence-corrected chi connectivity index (χ3v) is 2.19. The molecule has 0 N–H and O–H groups in total. The van der Waals surface area contributed by atoms with Crippen LogP contribution in [-0.4, -0.2) is 26.0 Å². The summed E-state index contributed by atoms with van der Waals surface area (Å²) in [4.78, 5) is 19.1. The molecule has 16 heavy (non-hydrogen) atoms. The fraction of sp³-hybridized carbons (Fsp3) is 0.273. The van der Waals surface area contributed by atoms with E-state index in [4.69, 9.17) is 0 Å². The Morgan fingerprint density at radius 1 is 1.38 bits per heavy atom. The molecule has 0 fully saturated rings. The second-order valence-electron chi connectivity index (χ2n) is 3.74. The van der Waals surface area contributed by atoms with E-state index in [0.717, 1.165) is 12.1 Å². The molecule has 2 aromatic rings. The number of nitrogens with zero attached hydrogens (tertiary/aromatic N) is 4. The zero-order valence-electron chi connectivity index (χ0n) is 9.16. The van der Waals surface area contributed by atoms with Crippen molar-refractivity contribution in [3.05, 3.63) is 36.0 Å². The van der Waals surface area contributed by atoms with Gasteiger partial charge in [0.1, 0.15) is 6.33 Å². The van der Waals surface area contributed by atoms with Gasteiger partial charge in [0.25, 0.3) is 0 Å². The van der Waals surface area contributed by atoms with Crippen molar-refractivity contribution in [3.8, 4) is 5.82 Å². The Morgan fingerprint density at radius 3 is 2.81 bits per heavy atom. The summed E-state index contributed by atoms with van der Waals surface area (Å²) in [6, 6.07) is 3.42. The summed E-state index contributed by atoms with van der Waals surface area (Å²) in [6.07, 6.45) is 3.96. The Morgan fingerprint density at radius 2 is 2.19 bits per heavy atom. The molecule has 0 amide bonds. The second-order valence-corrected chi connectivity index (χ2v) is 3.74. The minimum absolute atomic E-state index is 0.254. The van der Waals surface area contributed by atoms with Crippen LogP contribution in [0.1, 0.15) is 35.9 Å². The highest BCUT2D eigenvalue weighted by Gasteiger charge is 2.09. The highest BCUT2D eigenvalue weighted by Crippen LogP contribution is 2.11. The van der Waals surface area contributed by atoms with Crippen LogP contribution >= 0.6 is 0 Å². The minimum atomic E-state index is 0.254. The van der Waals surface area contributed by atoms with Gasteiger partial charge in [-0.05, 0) is 12.1 Å². The molecular weight excluding hydrogens is 204 g/mol. The first kappa shape index (κ1) is 10.5. The Balaban J connectivity index is 2.46. The van der Waals surface area contributed by atoms with Crippen molar-refractivity contribution in [2.24, 2.45) is 0 Å². The first-order valence-corrected chi connectivity index (χ1v) is 5.04. The Labute approximate surface area is 93.2 Å². The average molecular weight is 216 g/mol. The molecule has 2 heterocycles. The standard InChI is InChI=1S/C11H12N4O/c1-8(2)10-13-7-15(14-10)11-9(6-16)4-3-5-12-11/h3-8H,1-2H3. The number of hydrogen-bond donors (Lipinski definition) is 0. The van der Waals surface area contributed by atoms with Crippen LogP contribution in [0.3, 0.4) is 0 Å². The van der Waals surface area contributed by atoms with Crippen LogP contribution in [0.4, 0.5) is 0 Å². The Kier molecular flexibility index (Phi) is 2.76. The van der Waals surface area contributed by atoms with E-state index in [9.17, 15) is 4.79 Å². The number of carbonyl (C=O) groups excluding carboxylic acids is 1. The molecule has 0 radical (unpaired) electrons. The highest BCUT2D eigenvalue weighted by atomic mass is 16.1.